The van der Waals surface area contributed by atoms with E-state index in [-0.39, 0.29) is 10.9 Å². The molecule has 0 atom stereocenters. The van der Waals surface area contributed by atoms with Crippen molar-refractivity contribution in [3.8, 4) is 0 Å². The summed E-state index contributed by atoms with van der Waals surface area (Å²) in [5.74, 6) is 0. The van der Waals surface area contributed by atoms with Gasteiger partial charge >= 0.3 is 0 Å². The second kappa shape index (κ2) is 2.77. The molecule has 4 nitrogen and oxygen atoms in total. The molecule has 11 heavy (non-hydrogen) atoms. The van der Waals surface area contributed by atoms with Crippen LogP contribution in [0.3, 0.4) is 0 Å². The van der Waals surface area contributed by atoms with Crippen molar-refractivity contribution in [2.45, 2.75) is 6.92 Å². The normalized spacial score (nSPS) is 9.73. The summed E-state index contributed by atoms with van der Waals surface area (Å²) in [4.78, 5) is 0. The van der Waals surface area contributed by atoms with Gasteiger partial charge in [-0.2, -0.15) is 0 Å². The molecule has 0 bridgehead atoms. The van der Waals surface area contributed by atoms with Gasteiger partial charge in [-0.15, -0.1) is 0 Å². The third-order valence-corrected chi connectivity index (χ3v) is 1.43. The predicted molar refractivity (Wildman–Crippen MR) is 43.2 cm³/mol. The van der Waals surface area contributed by atoms with Gasteiger partial charge < -0.3 is 16.2 Å². The van der Waals surface area contributed by atoms with Crippen LogP contribution in [-0.4, -0.2) is 5.21 Å². The molecule has 0 spiro atoms. The highest BCUT2D eigenvalue weighted by Crippen LogP contribution is 2.19. The minimum absolute atomic E-state index is 0.172. The van der Waals surface area contributed by atoms with E-state index in [0.717, 1.165) is 0 Å². The molecule has 0 fully saturated rings. The number of rotatable bonds is 1. The van der Waals surface area contributed by atoms with E-state index in [4.69, 9.17) is 10.9 Å². The summed E-state index contributed by atoms with van der Waals surface area (Å²) in [6, 6.07) is 4.65. The van der Waals surface area contributed by atoms with Gasteiger partial charge in [0.25, 0.3) is 0 Å². The number of benzene rings is 1. The molecule has 0 aliphatic heterocycles. The molecular formula is C7H9N2O2-. The molecular weight excluding hydrogens is 144 g/mol. The van der Waals surface area contributed by atoms with Crippen LogP contribution in [0.1, 0.15) is 5.56 Å². The van der Waals surface area contributed by atoms with Gasteiger partial charge in [-0.1, -0.05) is 0 Å². The SMILES string of the molecule is Cc1cc(N)ccc1N([O-])O. The topological polar surface area (TPSA) is 72.5 Å². The van der Waals surface area contributed by atoms with E-state index in [1.165, 1.54) is 6.07 Å². The Morgan fingerprint density at radius 2 is 2.18 bits per heavy atom. The van der Waals surface area contributed by atoms with E-state index >= 15 is 0 Å². The third kappa shape index (κ3) is 1.60. The highest BCUT2D eigenvalue weighted by molar-refractivity contribution is 5.57. The van der Waals surface area contributed by atoms with Crippen LogP contribution in [0.5, 0.6) is 0 Å². The Morgan fingerprint density at radius 3 is 2.64 bits per heavy atom. The van der Waals surface area contributed by atoms with Crippen molar-refractivity contribution in [3.63, 3.8) is 0 Å². The smallest absolute Gasteiger partial charge is 0.0539 e. The van der Waals surface area contributed by atoms with Gasteiger partial charge in [0.2, 0.25) is 0 Å². The molecule has 1 aromatic rings. The van der Waals surface area contributed by atoms with E-state index in [1.807, 2.05) is 0 Å². The van der Waals surface area contributed by atoms with E-state index in [9.17, 15) is 5.21 Å². The van der Waals surface area contributed by atoms with Crippen molar-refractivity contribution in [2.75, 3.05) is 11.0 Å². The van der Waals surface area contributed by atoms with E-state index < -0.39 is 0 Å². The highest BCUT2D eigenvalue weighted by Gasteiger charge is 1.97. The van der Waals surface area contributed by atoms with Crippen LogP contribution < -0.4 is 11.0 Å². The van der Waals surface area contributed by atoms with E-state index in [0.29, 0.717) is 11.3 Å². The fraction of sp³-hybridized carbons (Fsp3) is 0.143. The van der Waals surface area contributed by atoms with Crippen LogP contribution in [0, 0.1) is 12.1 Å². The zero-order chi connectivity index (χ0) is 8.43. The lowest BCUT2D eigenvalue weighted by Gasteiger charge is -2.23. The fourth-order valence-corrected chi connectivity index (χ4v) is 0.893. The summed E-state index contributed by atoms with van der Waals surface area (Å²) >= 11 is 0. The van der Waals surface area contributed by atoms with Gasteiger partial charge in [-0.05, 0) is 30.7 Å². The monoisotopic (exact) mass is 153 g/mol. The van der Waals surface area contributed by atoms with Crippen LogP contribution in [0.15, 0.2) is 18.2 Å². The number of nitrogens with two attached hydrogens (primary N) is 1. The van der Waals surface area contributed by atoms with Crippen molar-refractivity contribution in [1.82, 2.24) is 0 Å². The molecule has 0 amide bonds. The Hall–Kier alpha value is -1.26. The van der Waals surface area contributed by atoms with Crippen LogP contribution in [0.2, 0.25) is 0 Å². The molecule has 0 aromatic heterocycles. The van der Waals surface area contributed by atoms with Gasteiger partial charge in [0, 0.05) is 5.69 Å². The second-order valence-electron chi connectivity index (χ2n) is 2.32. The maximum absolute atomic E-state index is 10.4. The molecule has 0 saturated heterocycles. The number of hydrogen-bond acceptors (Lipinski definition) is 4. The summed E-state index contributed by atoms with van der Waals surface area (Å²) in [5.41, 5.74) is 6.88. The van der Waals surface area contributed by atoms with Crippen LogP contribution in [0.25, 0.3) is 0 Å². The average Bonchev–Trinajstić information content (AvgIpc) is 1.85. The fourth-order valence-electron chi connectivity index (χ4n) is 0.893. The molecule has 0 saturated carbocycles. The second-order valence-corrected chi connectivity index (χ2v) is 2.32. The van der Waals surface area contributed by atoms with Crippen LogP contribution in [-0.2, 0) is 0 Å². The zero-order valence-corrected chi connectivity index (χ0v) is 6.11. The standard InChI is InChI=1S/C7H9N2O2/c1-5-4-6(8)2-3-7(5)9(10)11/h2-4,10H,8H2,1H3/q-1. The number of aryl methyl sites for hydroxylation is 1. The third-order valence-electron chi connectivity index (χ3n) is 1.43. The first-order valence-electron chi connectivity index (χ1n) is 3.13. The van der Waals surface area contributed by atoms with Crippen LogP contribution in [0.4, 0.5) is 11.4 Å². The number of nitrogen functional groups attached to an aromatic ring is 1. The van der Waals surface area contributed by atoms with Crippen molar-refractivity contribution in [2.24, 2.45) is 0 Å². The average molecular weight is 153 g/mol. The minimum atomic E-state index is -0.172. The maximum atomic E-state index is 10.4. The predicted octanol–water partition coefficient (Wildman–Crippen LogP) is 1.27. The number of anilines is 2. The van der Waals surface area contributed by atoms with E-state index in [2.05, 4.69) is 0 Å². The molecule has 1 aromatic carbocycles. The first kappa shape index (κ1) is 7.84. The summed E-state index contributed by atoms with van der Waals surface area (Å²) in [6.07, 6.45) is 0. The lowest BCUT2D eigenvalue weighted by molar-refractivity contribution is 0.296. The van der Waals surface area contributed by atoms with Gasteiger partial charge in [-0.3, -0.25) is 5.21 Å². The number of nitrogens with zero attached hydrogens (tertiary/aromatic N) is 1. The zero-order valence-electron chi connectivity index (χ0n) is 6.11. The van der Waals surface area contributed by atoms with Crippen LogP contribution >= 0.6 is 0 Å². The van der Waals surface area contributed by atoms with Crippen molar-refractivity contribution >= 4 is 11.4 Å². The summed E-state index contributed by atoms with van der Waals surface area (Å²) in [7, 11) is 0. The summed E-state index contributed by atoms with van der Waals surface area (Å²) < 4.78 is 0. The molecule has 0 aliphatic carbocycles. The molecule has 3 N–H and O–H groups in total. The first-order valence-corrected chi connectivity index (χ1v) is 3.13. The summed E-state index contributed by atoms with van der Waals surface area (Å²) in [5, 5.41) is 18.8. The minimum Gasteiger partial charge on any atom is -0.733 e. The Balaban J connectivity index is 3.09. The van der Waals surface area contributed by atoms with Crippen molar-refractivity contribution in [1.29, 1.82) is 0 Å². The first-order chi connectivity index (χ1) is 5.11. The van der Waals surface area contributed by atoms with E-state index in [1.54, 1.807) is 19.1 Å². The van der Waals surface area contributed by atoms with Crippen molar-refractivity contribution < 1.29 is 5.21 Å². The Kier molecular flexibility index (Phi) is 1.98. The molecule has 60 valence electrons. The highest BCUT2D eigenvalue weighted by atomic mass is 16.8. The lowest BCUT2D eigenvalue weighted by Crippen LogP contribution is -2.08. The Labute approximate surface area is 64.4 Å². The van der Waals surface area contributed by atoms with Gasteiger partial charge in [0.15, 0.2) is 0 Å². The van der Waals surface area contributed by atoms with Crippen molar-refractivity contribution in [3.05, 3.63) is 29.0 Å². The Bertz CT molecular complexity index is 261. The summed E-state index contributed by atoms with van der Waals surface area (Å²) in [6.45, 7) is 1.70. The van der Waals surface area contributed by atoms with Gasteiger partial charge in [0.05, 0.1) is 5.69 Å². The molecule has 1 rings (SSSR count). The quantitative estimate of drug-likeness (QED) is 0.470. The lowest BCUT2D eigenvalue weighted by atomic mass is 10.2. The van der Waals surface area contributed by atoms with Gasteiger partial charge in [0.1, 0.15) is 0 Å². The molecule has 0 unspecified atom stereocenters. The molecule has 0 aliphatic rings. The van der Waals surface area contributed by atoms with Gasteiger partial charge in [-0.25, -0.2) is 0 Å². The molecule has 4 heteroatoms. The number of hydrogen-bond donors (Lipinski definition) is 2. The molecule has 0 radical (unpaired) electrons. The Morgan fingerprint density at radius 1 is 1.55 bits per heavy atom. The molecule has 0 heterocycles. The maximum Gasteiger partial charge on any atom is 0.0539 e. The largest absolute Gasteiger partial charge is 0.733 e.